The topological polar surface area (TPSA) is 64.6 Å². The summed E-state index contributed by atoms with van der Waals surface area (Å²) < 4.78 is 0. The number of nitrogens with zero attached hydrogens (tertiary/aromatic N) is 5. The van der Waals surface area contributed by atoms with Gasteiger partial charge in [-0.1, -0.05) is 25.1 Å². The summed E-state index contributed by atoms with van der Waals surface area (Å²) in [4.78, 5) is 28.5. The van der Waals surface area contributed by atoms with Crippen molar-refractivity contribution in [3.05, 3.63) is 41.7 Å². The van der Waals surface area contributed by atoms with Crippen molar-refractivity contribution < 1.29 is 4.79 Å². The summed E-state index contributed by atoms with van der Waals surface area (Å²) in [7, 11) is 0. The molecule has 2 amide bonds. The Morgan fingerprint density at radius 1 is 0.966 bits per heavy atom. The standard InChI is InChI=1S/C22H30N6O/c1-3-18-8-4-5-9-19(18)25-22(29)28-14-12-27(13-15-28)21-16-20(23-17(2)24-21)26-10-6-7-11-26/h4-5,8-9,16H,3,6-7,10-15H2,1-2H3,(H,25,29). The highest BCUT2D eigenvalue weighted by Gasteiger charge is 2.24. The molecule has 7 heteroatoms. The van der Waals surface area contributed by atoms with Crippen LogP contribution in [-0.2, 0) is 6.42 Å². The number of aryl methyl sites for hydroxylation is 2. The van der Waals surface area contributed by atoms with Gasteiger partial charge in [0.15, 0.2) is 0 Å². The Hall–Kier alpha value is -2.83. The Bertz CT molecular complexity index is 856. The molecule has 0 bridgehead atoms. The largest absolute Gasteiger partial charge is 0.356 e. The summed E-state index contributed by atoms with van der Waals surface area (Å²) >= 11 is 0. The second-order valence-corrected chi connectivity index (χ2v) is 7.74. The average Bonchev–Trinajstić information content (AvgIpc) is 3.29. The maximum absolute atomic E-state index is 12.7. The molecule has 1 N–H and O–H groups in total. The number of benzene rings is 1. The van der Waals surface area contributed by atoms with Gasteiger partial charge < -0.3 is 20.0 Å². The maximum atomic E-state index is 12.7. The van der Waals surface area contributed by atoms with Gasteiger partial charge in [-0.3, -0.25) is 0 Å². The number of para-hydroxylation sites is 1. The molecule has 154 valence electrons. The van der Waals surface area contributed by atoms with Crippen molar-refractivity contribution in [2.24, 2.45) is 0 Å². The number of aromatic nitrogens is 2. The molecule has 0 unspecified atom stereocenters. The number of carbonyl (C=O) groups excluding carboxylic acids is 1. The molecule has 4 rings (SSSR count). The molecular formula is C22H30N6O. The van der Waals surface area contributed by atoms with Crippen molar-refractivity contribution >= 4 is 23.4 Å². The minimum Gasteiger partial charge on any atom is -0.356 e. The van der Waals surface area contributed by atoms with Crippen LogP contribution in [0.3, 0.4) is 0 Å². The molecule has 29 heavy (non-hydrogen) atoms. The van der Waals surface area contributed by atoms with Gasteiger partial charge >= 0.3 is 6.03 Å². The maximum Gasteiger partial charge on any atom is 0.321 e. The van der Waals surface area contributed by atoms with Gasteiger partial charge in [-0.15, -0.1) is 0 Å². The Labute approximate surface area is 172 Å². The van der Waals surface area contributed by atoms with Crippen molar-refractivity contribution in [2.45, 2.75) is 33.1 Å². The number of rotatable bonds is 4. The summed E-state index contributed by atoms with van der Waals surface area (Å²) in [6, 6.07) is 10.1. The molecule has 2 aliphatic heterocycles. The van der Waals surface area contributed by atoms with E-state index in [1.54, 1.807) is 0 Å². The van der Waals surface area contributed by atoms with Crippen LogP contribution < -0.4 is 15.1 Å². The first-order valence-corrected chi connectivity index (χ1v) is 10.6. The molecule has 2 saturated heterocycles. The quantitative estimate of drug-likeness (QED) is 0.862. The minimum atomic E-state index is -0.0258. The fourth-order valence-electron chi connectivity index (χ4n) is 4.09. The van der Waals surface area contributed by atoms with Gasteiger partial charge in [-0.2, -0.15) is 0 Å². The van der Waals surface area contributed by atoms with Crippen LogP contribution in [0.25, 0.3) is 0 Å². The smallest absolute Gasteiger partial charge is 0.321 e. The molecule has 0 spiro atoms. The van der Waals surface area contributed by atoms with E-state index in [1.165, 1.54) is 12.8 Å². The van der Waals surface area contributed by atoms with Crippen LogP contribution in [0.15, 0.2) is 30.3 Å². The van der Waals surface area contributed by atoms with Gasteiger partial charge in [0.1, 0.15) is 17.5 Å². The van der Waals surface area contributed by atoms with Gasteiger partial charge in [0.2, 0.25) is 0 Å². The zero-order valence-electron chi connectivity index (χ0n) is 17.4. The highest BCUT2D eigenvalue weighted by molar-refractivity contribution is 5.90. The second kappa shape index (κ2) is 8.68. The molecule has 0 radical (unpaired) electrons. The zero-order valence-corrected chi connectivity index (χ0v) is 17.4. The van der Waals surface area contributed by atoms with Crippen molar-refractivity contribution in [3.8, 4) is 0 Å². The van der Waals surface area contributed by atoms with E-state index in [9.17, 15) is 4.79 Å². The first-order valence-electron chi connectivity index (χ1n) is 10.6. The molecule has 2 fully saturated rings. The molecule has 0 aliphatic carbocycles. The van der Waals surface area contributed by atoms with Crippen LogP contribution in [0.2, 0.25) is 0 Å². The van der Waals surface area contributed by atoms with Gasteiger partial charge in [0, 0.05) is 51.0 Å². The third-order valence-corrected chi connectivity index (χ3v) is 5.77. The Balaban J connectivity index is 1.38. The molecule has 3 heterocycles. The fraction of sp³-hybridized carbons (Fsp3) is 0.500. The summed E-state index contributed by atoms with van der Waals surface area (Å²) in [5, 5.41) is 3.08. The normalized spacial score (nSPS) is 17.0. The van der Waals surface area contributed by atoms with E-state index in [4.69, 9.17) is 0 Å². The lowest BCUT2D eigenvalue weighted by Gasteiger charge is -2.35. The highest BCUT2D eigenvalue weighted by atomic mass is 16.2. The number of carbonyl (C=O) groups is 1. The lowest BCUT2D eigenvalue weighted by molar-refractivity contribution is 0.208. The van der Waals surface area contributed by atoms with Crippen molar-refractivity contribution in [1.29, 1.82) is 0 Å². The van der Waals surface area contributed by atoms with Crippen molar-refractivity contribution in [1.82, 2.24) is 14.9 Å². The molecule has 2 aliphatic rings. The van der Waals surface area contributed by atoms with Crippen LogP contribution in [-0.4, -0.2) is 60.2 Å². The van der Waals surface area contributed by atoms with E-state index in [2.05, 4.69) is 44.1 Å². The van der Waals surface area contributed by atoms with E-state index in [0.29, 0.717) is 13.1 Å². The third kappa shape index (κ3) is 4.44. The van der Waals surface area contributed by atoms with Gasteiger partial charge in [-0.25, -0.2) is 14.8 Å². The van der Waals surface area contributed by atoms with E-state index < -0.39 is 0 Å². The molecule has 7 nitrogen and oxygen atoms in total. The summed E-state index contributed by atoms with van der Waals surface area (Å²) in [5.41, 5.74) is 2.06. The Kier molecular flexibility index (Phi) is 5.83. The van der Waals surface area contributed by atoms with Crippen LogP contribution >= 0.6 is 0 Å². The molecular weight excluding hydrogens is 364 g/mol. The predicted octanol–water partition coefficient (Wildman–Crippen LogP) is 3.30. The summed E-state index contributed by atoms with van der Waals surface area (Å²) in [6.07, 6.45) is 3.36. The zero-order chi connectivity index (χ0) is 20.2. The van der Waals surface area contributed by atoms with Gasteiger partial charge in [-0.05, 0) is 37.8 Å². The monoisotopic (exact) mass is 394 g/mol. The Morgan fingerprint density at radius 3 is 2.24 bits per heavy atom. The molecule has 0 saturated carbocycles. The first-order chi connectivity index (χ1) is 14.1. The van der Waals surface area contributed by atoms with E-state index in [-0.39, 0.29) is 6.03 Å². The van der Waals surface area contributed by atoms with Gasteiger partial charge in [0.25, 0.3) is 0 Å². The van der Waals surface area contributed by atoms with Gasteiger partial charge in [0.05, 0.1) is 0 Å². The average molecular weight is 395 g/mol. The molecule has 0 atom stereocenters. The lowest BCUT2D eigenvalue weighted by atomic mass is 10.1. The highest BCUT2D eigenvalue weighted by Crippen LogP contribution is 2.24. The number of urea groups is 1. The fourth-order valence-corrected chi connectivity index (χ4v) is 4.09. The van der Waals surface area contributed by atoms with Crippen molar-refractivity contribution in [3.63, 3.8) is 0 Å². The molecule has 2 aromatic rings. The Morgan fingerprint density at radius 2 is 1.59 bits per heavy atom. The number of amides is 2. The molecule has 1 aromatic heterocycles. The van der Waals surface area contributed by atoms with Crippen LogP contribution in [0, 0.1) is 6.92 Å². The van der Waals surface area contributed by atoms with Crippen LogP contribution in [0.5, 0.6) is 0 Å². The number of hydrogen-bond acceptors (Lipinski definition) is 5. The third-order valence-electron chi connectivity index (χ3n) is 5.77. The predicted molar refractivity (Wildman–Crippen MR) is 117 cm³/mol. The molecule has 1 aromatic carbocycles. The SMILES string of the molecule is CCc1ccccc1NC(=O)N1CCN(c2cc(N3CCCC3)nc(C)n2)CC1. The number of nitrogens with one attached hydrogen (secondary N) is 1. The number of anilines is 3. The number of piperazine rings is 1. The number of hydrogen-bond donors (Lipinski definition) is 1. The van der Waals surface area contributed by atoms with E-state index >= 15 is 0 Å². The van der Waals surface area contributed by atoms with Crippen molar-refractivity contribution in [2.75, 3.05) is 54.4 Å². The van der Waals surface area contributed by atoms with E-state index in [0.717, 1.165) is 61.3 Å². The first kappa shape index (κ1) is 19.5. The van der Waals surface area contributed by atoms with Crippen LogP contribution in [0.4, 0.5) is 22.1 Å². The van der Waals surface area contributed by atoms with Crippen LogP contribution in [0.1, 0.15) is 31.2 Å². The summed E-state index contributed by atoms with van der Waals surface area (Å²) in [5.74, 6) is 2.80. The summed E-state index contributed by atoms with van der Waals surface area (Å²) in [6.45, 7) is 9.12. The van der Waals surface area contributed by atoms with E-state index in [1.807, 2.05) is 30.0 Å². The minimum absolute atomic E-state index is 0.0258. The second-order valence-electron chi connectivity index (χ2n) is 7.74. The lowest BCUT2D eigenvalue weighted by Crippen LogP contribution is -2.50.